The van der Waals surface area contributed by atoms with Gasteiger partial charge in [0.05, 0.1) is 33.5 Å². The number of hydrogen-bond donors (Lipinski definition) is 0. The Morgan fingerprint density at radius 3 is 1.83 bits per heavy atom. The molecule has 0 amide bonds. The van der Waals surface area contributed by atoms with Gasteiger partial charge in [-0.3, -0.25) is 0 Å². The standard InChI is InChI=1S/C25H23BN2O2/c1-24(2)25(3,4)30-26(29-24)20-13-9-10-17(16-27)23(20)28-21-14-7-5-11-18(21)19-12-6-8-15-22(19)28/h5-15H,1-4H3. The molecule has 30 heavy (non-hydrogen) atoms. The third-order valence-corrected chi connectivity index (χ3v) is 6.50. The summed E-state index contributed by atoms with van der Waals surface area (Å²) in [5.41, 5.74) is 3.46. The van der Waals surface area contributed by atoms with Crippen molar-refractivity contribution in [3.8, 4) is 11.8 Å². The van der Waals surface area contributed by atoms with E-state index in [1.54, 1.807) is 0 Å². The van der Waals surface area contributed by atoms with E-state index in [0.29, 0.717) is 5.56 Å². The van der Waals surface area contributed by atoms with E-state index >= 15 is 0 Å². The maximum absolute atomic E-state index is 9.99. The fourth-order valence-electron chi connectivity index (χ4n) is 4.22. The lowest BCUT2D eigenvalue weighted by Gasteiger charge is -2.32. The summed E-state index contributed by atoms with van der Waals surface area (Å²) in [6, 6.07) is 24.7. The van der Waals surface area contributed by atoms with E-state index in [4.69, 9.17) is 9.31 Å². The Labute approximate surface area is 176 Å². The van der Waals surface area contributed by atoms with Crippen LogP contribution in [0.3, 0.4) is 0 Å². The van der Waals surface area contributed by atoms with Crippen LogP contribution in [0.15, 0.2) is 66.7 Å². The predicted octanol–water partition coefficient (Wildman–Crippen LogP) is 4.95. The van der Waals surface area contributed by atoms with Gasteiger partial charge in [-0.2, -0.15) is 5.26 Å². The van der Waals surface area contributed by atoms with Gasteiger partial charge in [-0.1, -0.05) is 48.5 Å². The van der Waals surface area contributed by atoms with Crippen molar-refractivity contribution in [2.45, 2.75) is 38.9 Å². The average Bonchev–Trinajstić information content (AvgIpc) is 3.17. The maximum atomic E-state index is 9.99. The largest absolute Gasteiger partial charge is 0.497 e. The molecular formula is C25H23BN2O2. The van der Waals surface area contributed by atoms with Gasteiger partial charge in [0.15, 0.2) is 0 Å². The van der Waals surface area contributed by atoms with Gasteiger partial charge in [0, 0.05) is 16.2 Å². The number of fused-ring (bicyclic) bond motifs is 3. The molecule has 0 atom stereocenters. The van der Waals surface area contributed by atoms with E-state index < -0.39 is 18.3 Å². The van der Waals surface area contributed by atoms with E-state index in [9.17, 15) is 5.26 Å². The molecule has 0 saturated carbocycles. The van der Waals surface area contributed by atoms with Crippen LogP contribution < -0.4 is 5.46 Å². The van der Waals surface area contributed by atoms with Crippen LogP contribution in [0.4, 0.5) is 0 Å². The number of para-hydroxylation sites is 3. The number of benzene rings is 3. The van der Waals surface area contributed by atoms with Gasteiger partial charge in [0.2, 0.25) is 0 Å². The first-order valence-corrected chi connectivity index (χ1v) is 10.2. The van der Waals surface area contributed by atoms with Gasteiger partial charge in [-0.25, -0.2) is 0 Å². The Bertz CT molecular complexity index is 1260. The average molecular weight is 394 g/mol. The summed E-state index contributed by atoms with van der Waals surface area (Å²) in [4.78, 5) is 0. The molecule has 0 N–H and O–H groups in total. The molecular weight excluding hydrogens is 371 g/mol. The van der Waals surface area contributed by atoms with Gasteiger partial charge in [0.25, 0.3) is 0 Å². The highest BCUT2D eigenvalue weighted by atomic mass is 16.7. The Morgan fingerprint density at radius 1 is 0.767 bits per heavy atom. The van der Waals surface area contributed by atoms with Crippen molar-refractivity contribution in [3.05, 3.63) is 72.3 Å². The quantitative estimate of drug-likeness (QED) is 0.452. The van der Waals surface area contributed by atoms with Gasteiger partial charge in [-0.15, -0.1) is 0 Å². The number of nitrogens with zero attached hydrogens (tertiary/aromatic N) is 2. The highest BCUT2D eigenvalue weighted by Crippen LogP contribution is 2.38. The smallest absolute Gasteiger partial charge is 0.399 e. The second-order valence-corrected chi connectivity index (χ2v) is 8.81. The zero-order valence-corrected chi connectivity index (χ0v) is 17.6. The third kappa shape index (κ3) is 2.61. The molecule has 5 heteroatoms. The van der Waals surface area contributed by atoms with E-state index in [0.717, 1.165) is 33.0 Å². The normalized spacial score (nSPS) is 17.5. The highest BCUT2D eigenvalue weighted by molar-refractivity contribution is 6.63. The zero-order valence-electron chi connectivity index (χ0n) is 17.6. The van der Waals surface area contributed by atoms with Crippen LogP contribution in [0, 0.1) is 11.3 Å². The lowest BCUT2D eigenvalue weighted by Crippen LogP contribution is -2.41. The Balaban J connectivity index is 1.84. The van der Waals surface area contributed by atoms with Crippen molar-refractivity contribution in [3.63, 3.8) is 0 Å². The van der Waals surface area contributed by atoms with Crippen LogP contribution in [0.25, 0.3) is 27.5 Å². The molecule has 1 saturated heterocycles. The molecule has 1 fully saturated rings. The Morgan fingerprint density at radius 2 is 1.30 bits per heavy atom. The Hall–Kier alpha value is -3.07. The SMILES string of the molecule is CC1(C)OB(c2cccc(C#N)c2-n2c3ccccc3c3ccccc32)OC1(C)C. The lowest BCUT2D eigenvalue weighted by atomic mass is 9.76. The molecule has 1 aliphatic rings. The van der Waals surface area contributed by atoms with E-state index in [2.05, 4.69) is 34.9 Å². The van der Waals surface area contributed by atoms with Crippen molar-refractivity contribution in [2.24, 2.45) is 0 Å². The molecule has 4 aromatic rings. The molecule has 0 unspecified atom stereocenters. The van der Waals surface area contributed by atoms with Crippen molar-refractivity contribution in [1.82, 2.24) is 4.57 Å². The summed E-state index contributed by atoms with van der Waals surface area (Å²) in [5.74, 6) is 0. The minimum Gasteiger partial charge on any atom is -0.399 e. The highest BCUT2D eigenvalue weighted by Gasteiger charge is 2.52. The van der Waals surface area contributed by atoms with Crippen molar-refractivity contribution in [1.29, 1.82) is 5.26 Å². The molecule has 0 aliphatic carbocycles. The van der Waals surface area contributed by atoms with Crippen LogP contribution in [0.1, 0.15) is 33.3 Å². The van der Waals surface area contributed by atoms with Crippen LogP contribution in [0.2, 0.25) is 0 Å². The number of rotatable bonds is 2. The van der Waals surface area contributed by atoms with Gasteiger partial charge >= 0.3 is 7.12 Å². The first-order chi connectivity index (χ1) is 14.3. The summed E-state index contributed by atoms with van der Waals surface area (Å²) in [7, 11) is -0.557. The second-order valence-electron chi connectivity index (χ2n) is 8.81. The molecule has 5 rings (SSSR count). The van der Waals surface area contributed by atoms with Crippen LogP contribution in [-0.2, 0) is 9.31 Å². The van der Waals surface area contributed by atoms with Crippen LogP contribution in [-0.4, -0.2) is 22.9 Å². The summed E-state index contributed by atoms with van der Waals surface area (Å²) >= 11 is 0. The molecule has 148 valence electrons. The second kappa shape index (κ2) is 6.47. The molecule has 0 bridgehead atoms. The fraction of sp³-hybridized carbons (Fsp3) is 0.240. The van der Waals surface area contributed by atoms with E-state index in [1.165, 1.54) is 0 Å². The summed E-state index contributed by atoms with van der Waals surface area (Å²) in [6.45, 7) is 8.17. The van der Waals surface area contributed by atoms with Crippen molar-refractivity contribution in [2.75, 3.05) is 0 Å². The number of hydrogen-bond acceptors (Lipinski definition) is 3. The third-order valence-electron chi connectivity index (χ3n) is 6.50. The maximum Gasteiger partial charge on any atom is 0.497 e. The number of nitriles is 1. The van der Waals surface area contributed by atoms with Crippen LogP contribution in [0.5, 0.6) is 0 Å². The summed E-state index contributed by atoms with van der Waals surface area (Å²) < 4.78 is 14.9. The van der Waals surface area contributed by atoms with Crippen molar-refractivity contribution >= 4 is 34.4 Å². The van der Waals surface area contributed by atoms with E-state index in [-0.39, 0.29) is 0 Å². The Kier molecular flexibility index (Phi) is 4.08. The minimum absolute atomic E-state index is 0.460. The predicted molar refractivity (Wildman–Crippen MR) is 121 cm³/mol. The first-order valence-electron chi connectivity index (χ1n) is 10.2. The molecule has 2 heterocycles. The molecule has 1 aliphatic heterocycles. The van der Waals surface area contributed by atoms with E-state index in [1.807, 2.05) is 70.2 Å². The minimum atomic E-state index is -0.557. The zero-order chi connectivity index (χ0) is 21.1. The fourth-order valence-corrected chi connectivity index (χ4v) is 4.22. The summed E-state index contributed by atoms with van der Waals surface area (Å²) in [5, 5.41) is 12.3. The molecule has 3 aromatic carbocycles. The topological polar surface area (TPSA) is 47.2 Å². The molecule has 1 aromatic heterocycles. The number of aromatic nitrogens is 1. The van der Waals surface area contributed by atoms with Crippen LogP contribution >= 0.6 is 0 Å². The van der Waals surface area contributed by atoms with Crippen molar-refractivity contribution < 1.29 is 9.31 Å². The monoisotopic (exact) mass is 394 g/mol. The van der Waals surface area contributed by atoms with Gasteiger partial charge in [-0.05, 0) is 45.9 Å². The summed E-state index contributed by atoms with van der Waals surface area (Å²) in [6.07, 6.45) is 0. The first kappa shape index (κ1) is 18.9. The molecule has 0 radical (unpaired) electrons. The molecule has 0 spiro atoms. The lowest BCUT2D eigenvalue weighted by molar-refractivity contribution is 0.00578. The molecule has 4 nitrogen and oxygen atoms in total. The van der Waals surface area contributed by atoms with Gasteiger partial charge in [0.1, 0.15) is 6.07 Å². The van der Waals surface area contributed by atoms with Gasteiger partial charge < -0.3 is 13.9 Å².